The van der Waals surface area contributed by atoms with Crippen LogP contribution in [0.5, 0.6) is 0 Å². The van der Waals surface area contributed by atoms with Gasteiger partial charge in [-0.15, -0.1) is 8.20 Å². The molecule has 0 aromatic rings. The van der Waals surface area contributed by atoms with Gasteiger partial charge in [0.1, 0.15) is 0 Å². The molecule has 0 aromatic carbocycles. The lowest BCUT2D eigenvalue weighted by atomic mass is 11.0. The van der Waals surface area contributed by atoms with Gasteiger partial charge in [0.15, 0.2) is 0 Å². The van der Waals surface area contributed by atoms with Crippen molar-refractivity contribution in [3.63, 3.8) is 0 Å². The van der Waals surface area contributed by atoms with Gasteiger partial charge in [-0.2, -0.15) is 0 Å². The molecule has 0 spiro atoms. The molecule has 1 atom stereocenters. The molecule has 1 unspecified atom stereocenters. The van der Waals surface area contributed by atoms with E-state index in [4.69, 9.17) is 0 Å². The quantitative estimate of drug-likeness (QED) is 0.407. The first-order valence-electron chi connectivity index (χ1n) is 1.72. The Balaban J connectivity index is 2.32. The molecule has 0 nitrogen and oxygen atoms in total. The Bertz CT molecular complexity index is 42.9. The normalized spacial score (nSPS) is 28.8. The molecule has 0 fully saturated rings. The zero-order chi connectivity index (χ0) is 3.54. The van der Waals surface area contributed by atoms with Crippen LogP contribution in [-0.2, 0) is 0 Å². The highest BCUT2D eigenvalue weighted by Crippen LogP contribution is 2.19. The van der Waals surface area contributed by atoms with Crippen molar-refractivity contribution in [1.29, 1.82) is 0 Å². The first-order chi connectivity index (χ1) is 2.50. The fraction of sp³-hybridized carbons (Fsp3) is 0.667. The van der Waals surface area contributed by atoms with Crippen molar-refractivity contribution < 1.29 is 0 Å². The summed E-state index contributed by atoms with van der Waals surface area (Å²) < 4.78 is 0. The maximum Gasteiger partial charge on any atom is -0.00661 e. The van der Waals surface area contributed by atoms with E-state index in [9.17, 15) is 0 Å². The highest BCUT2D eigenvalue weighted by Gasteiger charge is 1.85. The van der Waals surface area contributed by atoms with Gasteiger partial charge in [-0.05, 0) is 17.9 Å². The molecule has 1 aliphatic rings. The van der Waals surface area contributed by atoms with Crippen LogP contribution < -0.4 is 0 Å². The summed E-state index contributed by atoms with van der Waals surface area (Å²) in [5.41, 5.74) is 2.36. The molecule has 1 heterocycles. The lowest BCUT2D eigenvalue weighted by Crippen LogP contribution is -1.62. The maximum atomic E-state index is 2.36. The van der Waals surface area contributed by atoms with E-state index in [1.54, 1.807) is 8.20 Å². The third kappa shape index (κ3) is 0.992. The minimum Gasteiger partial charge on any atom is -0.104 e. The van der Waals surface area contributed by atoms with Crippen LogP contribution in [-0.4, -0.2) is 17.9 Å². The molecule has 1 rings (SSSR count). The van der Waals surface area contributed by atoms with Crippen molar-refractivity contribution in [3.05, 3.63) is 0 Å². The van der Waals surface area contributed by atoms with Gasteiger partial charge in [-0.25, -0.2) is 0 Å². The van der Waals surface area contributed by atoms with Crippen molar-refractivity contribution in [3.8, 4) is 0 Å². The summed E-state index contributed by atoms with van der Waals surface area (Å²) >= 11 is 0. The third-order valence-corrected chi connectivity index (χ3v) is 3.47. The van der Waals surface area contributed by atoms with Crippen LogP contribution in [0.4, 0.5) is 0 Å². The van der Waals surface area contributed by atoms with Crippen molar-refractivity contribution in [2.24, 2.45) is 0 Å². The van der Waals surface area contributed by atoms with Crippen molar-refractivity contribution in [1.82, 2.24) is 0 Å². The molecular weight excluding hydrogens is 98.0 g/mol. The van der Waals surface area contributed by atoms with E-state index in [1.165, 1.54) is 20.9 Å². The molecule has 0 radical (unpaired) electrons. The van der Waals surface area contributed by atoms with Crippen molar-refractivity contribution in [2.45, 2.75) is 0 Å². The average molecular weight is 104 g/mol. The Morgan fingerprint density at radius 2 is 2.80 bits per heavy atom. The largest absolute Gasteiger partial charge is 0.104 e. The molecule has 0 amide bonds. The Morgan fingerprint density at radius 3 is 3.00 bits per heavy atom. The van der Waals surface area contributed by atoms with Gasteiger partial charge in [0.05, 0.1) is 0 Å². The van der Waals surface area contributed by atoms with Crippen LogP contribution in [0.25, 0.3) is 0 Å². The van der Waals surface area contributed by atoms with Crippen LogP contribution in [0.2, 0.25) is 0 Å². The minimum atomic E-state index is 1.17. The lowest BCUT2D eigenvalue weighted by Gasteiger charge is -1.69. The molecule has 0 bridgehead atoms. The van der Waals surface area contributed by atoms with E-state index < -0.39 is 0 Å². The Morgan fingerprint density at radius 1 is 1.80 bits per heavy atom. The van der Waals surface area contributed by atoms with Gasteiger partial charge in [0, 0.05) is 0 Å². The Kier molecular flexibility index (Phi) is 1.44. The van der Waals surface area contributed by atoms with E-state index in [0.29, 0.717) is 0 Å². The zero-order valence-corrected chi connectivity index (χ0v) is 4.83. The predicted molar refractivity (Wildman–Crippen MR) is 31.0 cm³/mol. The summed E-state index contributed by atoms with van der Waals surface area (Å²) in [5.74, 6) is 0. The topological polar surface area (TPSA) is 0 Å². The summed E-state index contributed by atoms with van der Waals surface area (Å²) in [6, 6.07) is 0. The van der Waals surface area contributed by atoms with E-state index >= 15 is 0 Å². The molecule has 1 aliphatic heterocycles. The van der Waals surface area contributed by atoms with Crippen molar-refractivity contribution in [2.75, 3.05) is 12.3 Å². The summed E-state index contributed by atoms with van der Waals surface area (Å²) in [6.07, 6.45) is 2.89. The van der Waals surface area contributed by atoms with E-state index in [0.717, 1.165) is 0 Å². The Labute approximate surface area is 35.6 Å². The fourth-order valence-electron chi connectivity index (χ4n) is 0.323. The fourth-order valence-corrected chi connectivity index (χ4v) is 2.90. The molecule has 0 saturated heterocycles. The van der Waals surface area contributed by atoms with Gasteiger partial charge in [0.2, 0.25) is 0 Å². The molecule has 5 heavy (non-hydrogen) atoms. The first kappa shape index (κ1) is 3.78. The maximum absolute atomic E-state index is 2.36. The minimum absolute atomic E-state index is 1.17. The second-order valence-electron chi connectivity index (χ2n) is 0.989. The number of rotatable bonds is 0. The summed E-state index contributed by atoms with van der Waals surface area (Å²) in [5, 5.41) is 0. The molecule has 28 valence electrons. The first-order valence-corrected chi connectivity index (χ1v) is 4.15. The van der Waals surface area contributed by atoms with Crippen LogP contribution in [0.15, 0.2) is 0 Å². The molecule has 0 aromatic heterocycles. The van der Waals surface area contributed by atoms with Crippen LogP contribution >= 0.6 is 16.8 Å². The SMILES string of the molecule is C1=PCCP1. The second kappa shape index (κ2) is 1.90. The summed E-state index contributed by atoms with van der Waals surface area (Å²) in [4.78, 5) is 0. The van der Waals surface area contributed by atoms with Gasteiger partial charge >= 0.3 is 0 Å². The molecule has 0 aliphatic carbocycles. The highest BCUT2D eigenvalue weighted by atomic mass is 31.1. The van der Waals surface area contributed by atoms with Gasteiger partial charge in [-0.3, -0.25) is 0 Å². The van der Waals surface area contributed by atoms with Crippen molar-refractivity contribution >= 4 is 22.3 Å². The zero-order valence-electron chi connectivity index (χ0n) is 2.94. The highest BCUT2D eigenvalue weighted by molar-refractivity contribution is 7.72. The van der Waals surface area contributed by atoms with E-state index in [2.05, 4.69) is 5.54 Å². The Hall–Kier alpha value is 0.600. The molecule has 0 saturated carbocycles. The van der Waals surface area contributed by atoms with Gasteiger partial charge in [0.25, 0.3) is 0 Å². The monoisotopic (exact) mass is 104 g/mol. The third-order valence-electron chi connectivity index (χ3n) is 0.568. The number of hydrogen-bond acceptors (Lipinski definition) is 0. The molecule has 2 heteroatoms. The smallest absolute Gasteiger partial charge is 0.00661 e. The van der Waals surface area contributed by atoms with Crippen LogP contribution in [0, 0.1) is 0 Å². The van der Waals surface area contributed by atoms with Crippen LogP contribution in [0.3, 0.4) is 0 Å². The van der Waals surface area contributed by atoms with Gasteiger partial charge < -0.3 is 0 Å². The lowest BCUT2D eigenvalue weighted by molar-refractivity contribution is 1.57. The summed E-state index contributed by atoms with van der Waals surface area (Å²) in [7, 11) is 2.75. The molecule has 0 N–H and O–H groups in total. The average Bonchev–Trinajstić information content (AvgIpc) is 1.76. The number of hydrogen-bond donors (Lipinski definition) is 0. The van der Waals surface area contributed by atoms with Gasteiger partial charge in [-0.1, -0.05) is 8.58 Å². The molecular formula is C3H6P2. The predicted octanol–water partition coefficient (Wildman–Crippen LogP) is 1.38. The summed E-state index contributed by atoms with van der Waals surface area (Å²) in [6.45, 7) is 0. The second-order valence-corrected chi connectivity index (χ2v) is 3.74. The standard InChI is InChI=1S/C3H6P2/c1-2-5-3-4-1/h3-4H,1-2H2. The van der Waals surface area contributed by atoms with E-state index in [1.807, 2.05) is 0 Å². The van der Waals surface area contributed by atoms with Crippen LogP contribution in [0.1, 0.15) is 0 Å². The van der Waals surface area contributed by atoms with E-state index in [-0.39, 0.29) is 0 Å².